The van der Waals surface area contributed by atoms with Crippen molar-refractivity contribution in [1.29, 1.82) is 0 Å². The van der Waals surface area contributed by atoms with Gasteiger partial charge in [0.2, 0.25) is 0 Å². The van der Waals surface area contributed by atoms with E-state index in [2.05, 4.69) is 15.6 Å². The molecule has 1 aromatic rings. The summed E-state index contributed by atoms with van der Waals surface area (Å²) in [6.45, 7) is 0.826. The average Bonchev–Trinajstić information content (AvgIpc) is 2.76. The van der Waals surface area contributed by atoms with Gasteiger partial charge in [0.25, 0.3) is 0 Å². The van der Waals surface area contributed by atoms with Gasteiger partial charge in [-0.3, -0.25) is 5.01 Å². The van der Waals surface area contributed by atoms with E-state index >= 15 is 0 Å². The Bertz CT molecular complexity index is 745. The second-order valence-electron chi connectivity index (χ2n) is 7.83. The molecule has 10 nitrogen and oxygen atoms in total. The SMILES string of the molecule is CNC(N)(CCCCCC=O)CCCN(N=O)N1C=C(c2cccnc2N)C1COC. The number of aldehydes is 1. The number of methoxy groups -OCH3 is 1. The first kappa shape index (κ1) is 24.7. The predicted molar refractivity (Wildman–Crippen MR) is 121 cm³/mol. The molecule has 0 saturated carbocycles. The van der Waals surface area contributed by atoms with Crippen LogP contribution in [0.25, 0.3) is 5.57 Å². The van der Waals surface area contributed by atoms with Crippen molar-refractivity contribution >= 4 is 17.7 Å². The molecule has 2 rings (SSSR count). The Morgan fingerprint density at radius 3 is 2.77 bits per heavy atom. The molecule has 172 valence electrons. The van der Waals surface area contributed by atoms with Gasteiger partial charge in [-0.15, -0.1) is 4.91 Å². The molecule has 5 N–H and O–H groups in total. The van der Waals surface area contributed by atoms with Crippen molar-refractivity contribution in [2.75, 3.05) is 33.0 Å². The quantitative estimate of drug-likeness (QED) is 0.117. The molecule has 1 aliphatic rings. The van der Waals surface area contributed by atoms with Gasteiger partial charge < -0.3 is 26.3 Å². The summed E-state index contributed by atoms with van der Waals surface area (Å²) in [6.07, 6.45) is 10.0. The second-order valence-corrected chi connectivity index (χ2v) is 7.83. The van der Waals surface area contributed by atoms with Crippen LogP contribution in [0, 0.1) is 4.91 Å². The zero-order chi connectivity index (χ0) is 22.7. The fraction of sp³-hybridized carbons (Fsp3) is 0.619. The van der Waals surface area contributed by atoms with E-state index in [0.717, 1.165) is 43.1 Å². The van der Waals surface area contributed by atoms with Crippen molar-refractivity contribution in [2.24, 2.45) is 11.0 Å². The summed E-state index contributed by atoms with van der Waals surface area (Å²) < 4.78 is 5.34. The van der Waals surface area contributed by atoms with E-state index in [9.17, 15) is 9.70 Å². The van der Waals surface area contributed by atoms with Crippen molar-refractivity contribution in [3.8, 4) is 0 Å². The maximum absolute atomic E-state index is 11.5. The number of hydrogen-bond acceptors (Lipinski definition) is 9. The molecule has 0 fully saturated rings. The Labute approximate surface area is 183 Å². The zero-order valence-electron chi connectivity index (χ0n) is 18.5. The monoisotopic (exact) mass is 433 g/mol. The first-order valence-corrected chi connectivity index (χ1v) is 10.7. The molecule has 0 aliphatic carbocycles. The molecule has 2 unspecified atom stereocenters. The number of hydrazine groups is 1. The van der Waals surface area contributed by atoms with E-state index in [0.29, 0.717) is 38.2 Å². The highest BCUT2D eigenvalue weighted by atomic mass is 16.5. The molecule has 10 heteroatoms. The van der Waals surface area contributed by atoms with E-state index < -0.39 is 5.66 Å². The minimum atomic E-state index is -0.512. The lowest BCUT2D eigenvalue weighted by Gasteiger charge is -2.44. The topological polar surface area (TPSA) is 139 Å². The number of pyridine rings is 1. The molecule has 2 heterocycles. The summed E-state index contributed by atoms with van der Waals surface area (Å²) in [4.78, 5) is 26.1. The number of anilines is 1. The maximum Gasteiger partial charge on any atom is 0.131 e. The summed E-state index contributed by atoms with van der Waals surface area (Å²) >= 11 is 0. The van der Waals surface area contributed by atoms with Gasteiger partial charge in [0.15, 0.2) is 0 Å². The average molecular weight is 434 g/mol. The molecule has 0 aromatic carbocycles. The molecule has 1 aromatic heterocycles. The van der Waals surface area contributed by atoms with E-state index in [4.69, 9.17) is 16.2 Å². The molecular weight excluding hydrogens is 398 g/mol. The number of nitrogens with two attached hydrogens (primary N) is 2. The summed E-state index contributed by atoms with van der Waals surface area (Å²) in [7, 11) is 3.46. The standard InChI is InChI=1S/C21H35N7O3/c1-24-21(23,10-5-3-4-6-14-29)11-8-13-28(26-30)27-15-18(19(27)16-31-2)17-9-7-12-25-20(17)22/h7,9,12,14-15,19,24H,3-6,8,10-11,13,16,23H2,1-2H3,(H2,22,25). The molecule has 0 spiro atoms. The summed E-state index contributed by atoms with van der Waals surface area (Å²) in [5.74, 6) is 0.440. The van der Waals surface area contributed by atoms with E-state index in [1.807, 2.05) is 25.4 Å². The van der Waals surface area contributed by atoms with Gasteiger partial charge in [-0.25, -0.2) is 4.98 Å². The third-order valence-electron chi connectivity index (χ3n) is 5.71. The Hall–Kier alpha value is -2.56. The number of nitroso groups, excluding NO2 is 1. The van der Waals surface area contributed by atoms with Gasteiger partial charge in [-0.05, 0) is 44.9 Å². The normalized spacial score (nSPS) is 17.5. The van der Waals surface area contributed by atoms with Crippen LogP contribution in [-0.2, 0) is 9.53 Å². The number of nitrogens with zero attached hydrogens (tertiary/aromatic N) is 4. The number of ether oxygens (including phenoxy) is 1. The largest absolute Gasteiger partial charge is 0.383 e. The highest BCUT2D eigenvalue weighted by Crippen LogP contribution is 2.35. The second kappa shape index (κ2) is 12.3. The van der Waals surface area contributed by atoms with Crippen LogP contribution in [0.4, 0.5) is 5.82 Å². The molecule has 0 radical (unpaired) electrons. The van der Waals surface area contributed by atoms with Crippen molar-refractivity contribution in [1.82, 2.24) is 20.4 Å². The Balaban J connectivity index is 1.93. The number of rotatable bonds is 16. The van der Waals surface area contributed by atoms with Crippen LogP contribution < -0.4 is 16.8 Å². The van der Waals surface area contributed by atoms with Crippen LogP contribution in [0.5, 0.6) is 0 Å². The fourth-order valence-electron chi connectivity index (χ4n) is 3.80. The first-order valence-electron chi connectivity index (χ1n) is 10.7. The van der Waals surface area contributed by atoms with Crippen LogP contribution in [0.3, 0.4) is 0 Å². The number of hydrogen-bond donors (Lipinski definition) is 3. The maximum atomic E-state index is 11.5. The van der Waals surface area contributed by atoms with Gasteiger partial charge in [0.1, 0.15) is 18.1 Å². The lowest BCUT2D eigenvalue weighted by atomic mass is 9.94. The van der Waals surface area contributed by atoms with Crippen LogP contribution in [-0.4, -0.2) is 60.4 Å². The lowest BCUT2D eigenvalue weighted by molar-refractivity contribution is -0.107. The highest BCUT2D eigenvalue weighted by Gasteiger charge is 2.36. The van der Waals surface area contributed by atoms with Gasteiger partial charge in [0, 0.05) is 37.1 Å². The third-order valence-corrected chi connectivity index (χ3v) is 5.71. The minimum Gasteiger partial charge on any atom is -0.383 e. The zero-order valence-corrected chi connectivity index (χ0v) is 18.5. The van der Waals surface area contributed by atoms with Gasteiger partial charge in [0.05, 0.1) is 24.1 Å². The number of unbranched alkanes of at least 4 members (excludes halogenated alkanes) is 3. The Kier molecular flexibility index (Phi) is 9.83. The van der Waals surface area contributed by atoms with Crippen LogP contribution >= 0.6 is 0 Å². The van der Waals surface area contributed by atoms with Gasteiger partial charge >= 0.3 is 0 Å². The predicted octanol–water partition coefficient (Wildman–Crippen LogP) is 2.04. The fourth-order valence-corrected chi connectivity index (χ4v) is 3.80. The van der Waals surface area contributed by atoms with E-state index in [1.54, 1.807) is 18.3 Å². The van der Waals surface area contributed by atoms with E-state index in [1.165, 1.54) is 5.12 Å². The highest BCUT2D eigenvalue weighted by molar-refractivity contribution is 5.79. The van der Waals surface area contributed by atoms with Crippen LogP contribution in [0.15, 0.2) is 29.8 Å². The van der Waals surface area contributed by atoms with E-state index in [-0.39, 0.29) is 6.04 Å². The van der Waals surface area contributed by atoms with Crippen LogP contribution in [0.1, 0.15) is 50.5 Å². The first-order chi connectivity index (χ1) is 15.0. The molecule has 0 bridgehead atoms. The summed E-state index contributed by atoms with van der Waals surface area (Å²) in [6, 6.07) is 3.56. The Morgan fingerprint density at radius 2 is 2.13 bits per heavy atom. The number of carbonyl (C=O) groups is 1. The summed E-state index contributed by atoms with van der Waals surface area (Å²) in [5, 5.41) is 9.57. The Morgan fingerprint density at radius 1 is 1.35 bits per heavy atom. The molecule has 1 aliphatic heterocycles. The minimum absolute atomic E-state index is 0.168. The molecule has 0 saturated heterocycles. The number of nitrogens with one attached hydrogen (secondary N) is 1. The number of carbonyl (C=O) groups excluding carboxylic acids is 1. The molecule has 2 atom stereocenters. The van der Waals surface area contributed by atoms with Crippen LogP contribution in [0.2, 0.25) is 0 Å². The summed E-state index contributed by atoms with van der Waals surface area (Å²) in [5.41, 5.74) is 13.8. The molecule has 31 heavy (non-hydrogen) atoms. The van der Waals surface area contributed by atoms with Crippen molar-refractivity contribution in [2.45, 2.75) is 56.7 Å². The van der Waals surface area contributed by atoms with Crippen molar-refractivity contribution < 1.29 is 9.53 Å². The molecule has 0 amide bonds. The number of aromatic nitrogens is 1. The third kappa shape index (κ3) is 6.71. The lowest BCUT2D eigenvalue weighted by Crippen LogP contribution is -2.53. The number of nitrogen functional groups attached to an aromatic ring is 1. The van der Waals surface area contributed by atoms with Gasteiger partial charge in [-0.1, -0.05) is 12.8 Å². The van der Waals surface area contributed by atoms with Crippen molar-refractivity contribution in [3.05, 3.63) is 35.0 Å². The molecular formula is C21H35N7O3. The van der Waals surface area contributed by atoms with Crippen molar-refractivity contribution in [3.63, 3.8) is 0 Å². The smallest absolute Gasteiger partial charge is 0.131 e. The van der Waals surface area contributed by atoms with Gasteiger partial charge in [-0.2, -0.15) is 5.12 Å².